The van der Waals surface area contributed by atoms with E-state index in [0.717, 1.165) is 41.1 Å². The maximum atomic E-state index is 12.1. The Bertz CT molecular complexity index is 980. The van der Waals surface area contributed by atoms with Gasteiger partial charge in [-0.1, -0.05) is 60.1 Å². The summed E-state index contributed by atoms with van der Waals surface area (Å²) < 4.78 is 16.7. The molecule has 3 saturated carbocycles. The molecule has 198 valence electrons. The lowest BCUT2D eigenvalue weighted by atomic mass is 9.76. The van der Waals surface area contributed by atoms with Gasteiger partial charge in [0.15, 0.2) is 0 Å². The number of benzene rings is 1. The molecule has 36 heavy (non-hydrogen) atoms. The molecule has 5 nitrogen and oxygen atoms in total. The van der Waals surface area contributed by atoms with E-state index < -0.39 is 11.9 Å². The SMILES string of the molecule is CC(C)(C)c1ccc(OCCOC(=O)C=CC(=O)OCC2CC3CC2C2CCCC32)c(C(C)(C)C)c1. The molecule has 2 bridgehead atoms. The van der Waals surface area contributed by atoms with Crippen LogP contribution >= 0.6 is 0 Å². The summed E-state index contributed by atoms with van der Waals surface area (Å²) in [6.07, 6.45) is 8.96. The zero-order valence-corrected chi connectivity index (χ0v) is 23.0. The van der Waals surface area contributed by atoms with E-state index >= 15 is 0 Å². The Balaban J connectivity index is 1.18. The first-order chi connectivity index (χ1) is 16.9. The highest BCUT2D eigenvalue weighted by molar-refractivity contribution is 5.91. The van der Waals surface area contributed by atoms with Gasteiger partial charge in [-0.15, -0.1) is 0 Å². The minimum Gasteiger partial charge on any atom is -0.490 e. The number of carbonyl (C=O) groups excluding carboxylic acids is 2. The monoisotopic (exact) mass is 496 g/mol. The van der Waals surface area contributed by atoms with Crippen molar-refractivity contribution in [2.75, 3.05) is 19.8 Å². The molecule has 3 aliphatic rings. The number of hydrogen-bond donors (Lipinski definition) is 0. The molecular formula is C31H44O5. The smallest absolute Gasteiger partial charge is 0.331 e. The molecule has 0 spiro atoms. The number of esters is 2. The van der Waals surface area contributed by atoms with Gasteiger partial charge in [0, 0.05) is 12.2 Å². The van der Waals surface area contributed by atoms with Crippen LogP contribution in [0.1, 0.15) is 84.8 Å². The van der Waals surface area contributed by atoms with Gasteiger partial charge >= 0.3 is 11.9 Å². The minimum atomic E-state index is -0.566. The minimum absolute atomic E-state index is 0.0529. The van der Waals surface area contributed by atoms with E-state index in [1.54, 1.807) is 0 Å². The summed E-state index contributed by atoms with van der Waals surface area (Å²) in [7, 11) is 0. The predicted octanol–water partition coefficient (Wildman–Crippen LogP) is 6.38. The van der Waals surface area contributed by atoms with E-state index in [0.29, 0.717) is 12.5 Å². The highest BCUT2D eigenvalue weighted by Gasteiger charge is 2.53. The van der Waals surface area contributed by atoms with Crippen LogP contribution in [0, 0.1) is 29.6 Å². The molecule has 1 aromatic carbocycles. The van der Waals surface area contributed by atoms with Gasteiger partial charge < -0.3 is 14.2 Å². The first-order valence-corrected chi connectivity index (χ1v) is 13.7. The topological polar surface area (TPSA) is 61.8 Å². The molecule has 0 N–H and O–H groups in total. The van der Waals surface area contributed by atoms with Gasteiger partial charge in [-0.3, -0.25) is 0 Å². The average molecular weight is 497 g/mol. The summed E-state index contributed by atoms with van der Waals surface area (Å²) in [5.74, 6) is 3.62. The van der Waals surface area contributed by atoms with E-state index in [-0.39, 0.29) is 24.0 Å². The predicted molar refractivity (Wildman–Crippen MR) is 141 cm³/mol. The van der Waals surface area contributed by atoms with Crippen LogP contribution in [0.4, 0.5) is 0 Å². The molecule has 3 fully saturated rings. The van der Waals surface area contributed by atoms with Gasteiger partial charge in [-0.25, -0.2) is 9.59 Å². The van der Waals surface area contributed by atoms with E-state index in [2.05, 4.69) is 53.7 Å². The Morgan fingerprint density at radius 1 is 0.861 bits per heavy atom. The molecular weight excluding hydrogens is 452 g/mol. The third kappa shape index (κ3) is 6.15. The quantitative estimate of drug-likeness (QED) is 0.238. The molecule has 1 aromatic rings. The maximum Gasteiger partial charge on any atom is 0.331 e. The molecule has 0 heterocycles. The number of carbonyl (C=O) groups is 2. The number of rotatable bonds is 8. The number of fused-ring (bicyclic) bond motifs is 5. The van der Waals surface area contributed by atoms with Crippen LogP contribution in [0.25, 0.3) is 0 Å². The van der Waals surface area contributed by atoms with Gasteiger partial charge in [0.25, 0.3) is 0 Å². The van der Waals surface area contributed by atoms with Gasteiger partial charge in [0.05, 0.1) is 6.61 Å². The second-order valence-electron chi connectivity index (χ2n) is 13.1. The molecule has 5 atom stereocenters. The van der Waals surface area contributed by atoms with E-state index in [1.165, 1.54) is 43.7 Å². The van der Waals surface area contributed by atoms with Crippen molar-refractivity contribution in [3.8, 4) is 5.75 Å². The fourth-order valence-corrected chi connectivity index (χ4v) is 6.83. The third-order valence-corrected chi connectivity index (χ3v) is 8.60. The van der Waals surface area contributed by atoms with Gasteiger partial charge in [-0.2, -0.15) is 0 Å². The van der Waals surface area contributed by atoms with Gasteiger partial charge in [0.2, 0.25) is 0 Å². The van der Waals surface area contributed by atoms with Crippen molar-refractivity contribution in [1.82, 2.24) is 0 Å². The second kappa shape index (κ2) is 10.6. The second-order valence-corrected chi connectivity index (χ2v) is 13.1. The Kier molecular flexibility index (Phi) is 7.87. The summed E-state index contributed by atoms with van der Waals surface area (Å²) in [6.45, 7) is 13.9. The largest absolute Gasteiger partial charge is 0.490 e. The Morgan fingerprint density at radius 2 is 1.56 bits per heavy atom. The van der Waals surface area contributed by atoms with Crippen molar-refractivity contribution < 1.29 is 23.8 Å². The van der Waals surface area contributed by atoms with Crippen LogP contribution in [0.3, 0.4) is 0 Å². The summed E-state index contributed by atoms with van der Waals surface area (Å²) in [6, 6.07) is 6.30. The number of hydrogen-bond acceptors (Lipinski definition) is 5. The summed E-state index contributed by atoms with van der Waals surface area (Å²) in [4.78, 5) is 24.2. The molecule has 0 aromatic heterocycles. The van der Waals surface area contributed by atoms with Crippen molar-refractivity contribution in [2.45, 2.75) is 84.5 Å². The maximum absolute atomic E-state index is 12.1. The van der Waals surface area contributed by atoms with E-state index in [1.807, 2.05) is 6.07 Å². The summed E-state index contributed by atoms with van der Waals surface area (Å²) in [5, 5.41) is 0. The lowest BCUT2D eigenvalue weighted by Gasteiger charge is -2.31. The zero-order chi connectivity index (χ0) is 26.1. The van der Waals surface area contributed by atoms with Crippen LogP contribution in [-0.2, 0) is 29.9 Å². The summed E-state index contributed by atoms with van der Waals surface area (Å²) in [5.41, 5.74) is 2.36. The van der Waals surface area contributed by atoms with Crippen molar-refractivity contribution >= 4 is 11.9 Å². The van der Waals surface area contributed by atoms with Crippen LogP contribution < -0.4 is 4.74 Å². The average Bonchev–Trinajstić information content (AvgIpc) is 3.51. The molecule has 0 radical (unpaired) electrons. The standard InChI is InChI=1S/C31H44O5/c1-30(2,3)22-10-11-27(26(18-22)31(4,5)6)34-14-15-35-28(32)12-13-29(33)36-19-21-16-20-17-25(21)24-9-7-8-23(20)24/h10-13,18,20-21,23-25H,7-9,14-17,19H2,1-6H3. The fourth-order valence-electron chi connectivity index (χ4n) is 6.83. The molecule has 0 saturated heterocycles. The van der Waals surface area contributed by atoms with E-state index in [4.69, 9.17) is 14.2 Å². The molecule has 0 amide bonds. The third-order valence-electron chi connectivity index (χ3n) is 8.60. The molecule has 4 rings (SSSR count). The molecule has 5 heteroatoms. The highest BCUT2D eigenvalue weighted by Crippen LogP contribution is 2.60. The van der Waals surface area contributed by atoms with Crippen LogP contribution in [0.15, 0.2) is 30.4 Å². The zero-order valence-electron chi connectivity index (χ0n) is 23.0. The van der Waals surface area contributed by atoms with Crippen LogP contribution in [0.5, 0.6) is 5.75 Å². The fraction of sp³-hybridized carbons (Fsp3) is 0.677. The van der Waals surface area contributed by atoms with Crippen LogP contribution in [0.2, 0.25) is 0 Å². The Morgan fingerprint density at radius 3 is 2.25 bits per heavy atom. The summed E-state index contributed by atoms with van der Waals surface area (Å²) >= 11 is 0. The normalized spacial score (nSPS) is 27.3. The molecule has 0 aliphatic heterocycles. The first-order valence-electron chi connectivity index (χ1n) is 13.7. The lowest BCUT2D eigenvalue weighted by Crippen LogP contribution is -2.28. The van der Waals surface area contributed by atoms with Crippen LogP contribution in [-0.4, -0.2) is 31.8 Å². The van der Waals surface area contributed by atoms with Crippen molar-refractivity contribution in [1.29, 1.82) is 0 Å². The van der Waals surface area contributed by atoms with E-state index in [9.17, 15) is 9.59 Å². The van der Waals surface area contributed by atoms with Crippen molar-refractivity contribution in [3.05, 3.63) is 41.5 Å². The molecule has 3 aliphatic carbocycles. The number of ether oxygens (including phenoxy) is 3. The Hall–Kier alpha value is -2.30. The highest BCUT2D eigenvalue weighted by atomic mass is 16.6. The van der Waals surface area contributed by atoms with Gasteiger partial charge in [0.1, 0.15) is 19.0 Å². The van der Waals surface area contributed by atoms with Crippen molar-refractivity contribution in [3.63, 3.8) is 0 Å². The van der Waals surface area contributed by atoms with Crippen molar-refractivity contribution in [2.24, 2.45) is 29.6 Å². The lowest BCUT2D eigenvalue weighted by molar-refractivity contribution is -0.142. The van der Waals surface area contributed by atoms with Gasteiger partial charge in [-0.05, 0) is 83.3 Å². The Labute approximate surface area is 217 Å². The first kappa shape index (κ1) is 26.8. The molecule has 5 unspecified atom stereocenters.